The van der Waals surface area contributed by atoms with Gasteiger partial charge in [0.05, 0.1) is 5.69 Å². The topological polar surface area (TPSA) is 58.4 Å². The van der Waals surface area contributed by atoms with E-state index in [4.69, 9.17) is 4.52 Å². The van der Waals surface area contributed by atoms with Gasteiger partial charge in [0.2, 0.25) is 0 Å². The van der Waals surface area contributed by atoms with Crippen molar-refractivity contribution >= 4 is 11.6 Å². The summed E-state index contributed by atoms with van der Waals surface area (Å²) in [4.78, 5) is 14.8. The Hall–Kier alpha value is -2.30. The zero-order valence-electron chi connectivity index (χ0n) is 15.6. The highest BCUT2D eigenvalue weighted by Gasteiger charge is 2.24. The number of hydrogen-bond acceptors (Lipinski definition) is 4. The Morgan fingerprint density at radius 1 is 1.32 bits per heavy atom. The minimum atomic E-state index is 0.146. The van der Waals surface area contributed by atoms with Crippen LogP contribution in [0, 0.1) is 20.8 Å². The lowest BCUT2D eigenvalue weighted by molar-refractivity contribution is 0.0635. The third-order valence-electron chi connectivity index (χ3n) is 5.17. The number of hydrogen-bond donors (Lipinski definition) is 1. The molecule has 1 atom stereocenters. The normalized spacial score (nSPS) is 17.6. The van der Waals surface area contributed by atoms with E-state index in [1.165, 1.54) is 6.42 Å². The summed E-state index contributed by atoms with van der Waals surface area (Å²) in [6.45, 7) is 9.58. The Morgan fingerprint density at radius 3 is 2.76 bits per heavy atom. The first-order valence-electron chi connectivity index (χ1n) is 9.04. The van der Waals surface area contributed by atoms with Gasteiger partial charge in [-0.3, -0.25) is 4.79 Å². The van der Waals surface area contributed by atoms with Gasteiger partial charge in [-0.15, -0.1) is 0 Å². The number of nitrogens with one attached hydrogen (secondary N) is 1. The molecule has 0 unspecified atom stereocenters. The molecule has 1 fully saturated rings. The lowest BCUT2D eigenvalue weighted by Gasteiger charge is -2.33. The molecule has 5 nitrogen and oxygen atoms in total. The molecular weight excluding hydrogens is 314 g/mol. The molecule has 1 aromatic heterocycles. The maximum Gasteiger partial charge on any atom is 0.254 e. The number of rotatable bonds is 4. The predicted molar refractivity (Wildman–Crippen MR) is 98.8 cm³/mol. The maximum atomic E-state index is 12.8. The summed E-state index contributed by atoms with van der Waals surface area (Å²) in [5.41, 5.74) is 4.87. The maximum absolute atomic E-state index is 12.8. The molecular formula is C20H27N3O2. The highest BCUT2D eigenvalue weighted by atomic mass is 16.5. The van der Waals surface area contributed by atoms with Gasteiger partial charge in [-0.25, -0.2) is 0 Å². The Balaban J connectivity index is 1.71. The smallest absolute Gasteiger partial charge is 0.254 e. The summed E-state index contributed by atoms with van der Waals surface area (Å²) in [6.07, 6.45) is 3.42. The van der Waals surface area contributed by atoms with Gasteiger partial charge in [-0.1, -0.05) is 5.16 Å². The van der Waals surface area contributed by atoms with Crippen LogP contribution in [0.5, 0.6) is 0 Å². The van der Waals surface area contributed by atoms with Crippen LogP contribution >= 0.6 is 0 Å². The molecule has 1 saturated heterocycles. The number of likely N-dealkylation sites (tertiary alicyclic amines) is 1. The molecule has 1 N–H and O–H groups in total. The number of piperidine rings is 1. The fraction of sp³-hybridized carbons (Fsp3) is 0.500. The average Bonchev–Trinajstić information content (AvgIpc) is 2.92. The Morgan fingerprint density at radius 2 is 2.12 bits per heavy atom. The summed E-state index contributed by atoms with van der Waals surface area (Å²) in [7, 11) is 0. The number of nitrogens with zero attached hydrogens (tertiary/aromatic N) is 2. The van der Waals surface area contributed by atoms with Crippen LogP contribution in [-0.4, -0.2) is 28.6 Å². The van der Waals surface area contributed by atoms with Gasteiger partial charge in [0, 0.05) is 35.9 Å². The molecule has 2 aromatic rings. The van der Waals surface area contributed by atoms with Crippen molar-refractivity contribution in [3.63, 3.8) is 0 Å². The molecule has 0 bridgehead atoms. The van der Waals surface area contributed by atoms with Crippen molar-refractivity contribution in [2.75, 3.05) is 11.9 Å². The van der Waals surface area contributed by atoms with Crippen LogP contribution in [0.2, 0.25) is 0 Å². The van der Waals surface area contributed by atoms with Crippen LogP contribution in [-0.2, 0) is 6.54 Å². The quantitative estimate of drug-likeness (QED) is 0.904. The fourth-order valence-corrected chi connectivity index (χ4v) is 3.50. The zero-order valence-corrected chi connectivity index (χ0v) is 15.6. The van der Waals surface area contributed by atoms with E-state index in [0.717, 1.165) is 53.2 Å². The number of carbonyl (C=O) groups excluding carboxylic acids is 1. The molecule has 1 aliphatic heterocycles. The van der Waals surface area contributed by atoms with E-state index >= 15 is 0 Å². The molecule has 0 radical (unpaired) electrons. The number of benzene rings is 1. The van der Waals surface area contributed by atoms with Crippen LogP contribution in [0.1, 0.15) is 59.1 Å². The Kier molecular flexibility index (Phi) is 5.11. The molecule has 134 valence electrons. The summed E-state index contributed by atoms with van der Waals surface area (Å²) >= 11 is 0. The molecule has 25 heavy (non-hydrogen) atoms. The van der Waals surface area contributed by atoms with Crippen molar-refractivity contribution in [1.29, 1.82) is 0 Å². The lowest BCUT2D eigenvalue weighted by atomic mass is 10.0. The van der Waals surface area contributed by atoms with Crippen molar-refractivity contribution in [1.82, 2.24) is 10.1 Å². The average molecular weight is 341 g/mol. The van der Waals surface area contributed by atoms with Crippen molar-refractivity contribution in [2.24, 2.45) is 0 Å². The first-order valence-corrected chi connectivity index (χ1v) is 9.04. The van der Waals surface area contributed by atoms with Gasteiger partial charge in [-0.2, -0.15) is 0 Å². The van der Waals surface area contributed by atoms with Gasteiger partial charge in [-0.05, 0) is 70.7 Å². The highest BCUT2D eigenvalue weighted by Crippen LogP contribution is 2.23. The second kappa shape index (κ2) is 7.30. The highest BCUT2D eigenvalue weighted by molar-refractivity contribution is 5.95. The monoisotopic (exact) mass is 341 g/mol. The molecule has 1 aliphatic rings. The van der Waals surface area contributed by atoms with Gasteiger partial charge in [0.1, 0.15) is 5.76 Å². The Labute approximate surface area is 149 Å². The molecule has 0 spiro atoms. The summed E-state index contributed by atoms with van der Waals surface area (Å²) in [6, 6.07) is 6.24. The van der Waals surface area contributed by atoms with Crippen molar-refractivity contribution in [3.8, 4) is 0 Å². The fourth-order valence-electron chi connectivity index (χ4n) is 3.50. The minimum absolute atomic E-state index is 0.146. The standard InChI is InChI=1S/C20H27N3O2/c1-13-11-17(20(24)23-10-6-5-7-14(23)2)8-9-19(13)21-12-18-15(3)22-25-16(18)4/h8-9,11,14,21H,5-7,10,12H2,1-4H3/t14-/m0/s1. The molecule has 0 saturated carbocycles. The van der Waals surface area contributed by atoms with Gasteiger partial charge < -0.3 is 14.7 Å². The molecule has 2 heterocycles. The summed E-state index contributed by atoms with van der Waals surface area (Å²) in [5.74, 6) is 0.987. The third kappa shape index (κ3) is 3.70. The molecule has 0 aliphatic carbocycles. The lowest BCUT2D eigenvalue weighted by Crippen LogP contribution is -2.42. The second-order valence-corrected chi connectivity index (χ2v) is 7.03. The largest absolute Gasteiger partial charge is 0.381 e. The Bertz CT molecular complexity index is 747. The van der Waals surface area contributed by atoms with Gasteiger partial charge >= 0.3 is 0 Å². The molecule has 1 amide bonds. The van der Waals surface area contributed by atoms with E-state index in [0.29, 0.717) is 12.6 Å². The number of aromatic nitrogens is 1. The SMILES string of the molecule is Cc1cc(C(=O)N2CCCC[C@@H]2C)ccc1NCc1c(C)noc1C. The first kappa shape index (κ1) is 17.5. The summed E-state index contributed by atoms with van der Waals surface area (Å²) in [5, 5.41) is 7.41. The van der Waals surface area contributed by atoms with E-state index < -0.39 is 0 Å². The summed E-state index contributed by atoms with van der Waals surface area (Å²) < 4.78 is 5.20. The predicted octanol–water partition coefficient (Wildman–Crippen LogP) is 4.23. The van der Waals surface area contributed by atoms with Crippen molar-refractivity contribution in [2.45, 2.75) is 59.5 Å². The van der Waals surface area contributed by atoms with Crippen LogP contribution < -0.4 is 5.32 Å². The van der Waals surface area contributed by atoms with E-state index in [2.05, 4.69) is 17.4 Å². The molecule has 3 rings (SSSR count). The van der Waals surface area contributed by atoms with E-state index in [1.807, 2.05) is 43.9 Å². The second-order valence-electron chi connectivity index (χ2n) is 7.03. The van der Waals surface area contributed by atoms with E-state index in [9.17, 15) is 4.79 Å². The first-order chi connectivity index (χ1) is 12.0. The van der Waals surface area contributed by atoms with E-state index in [1.54, 1.807) is 0 Å². The van der Waals surface area contributed by atoms with Crippen molar-refractivity contribution in [3.05, 3.63) is 46.3 Å². The van der Waals surface area contributed by atoms with E-state index in [-0.39, 0.29) is 5.91 Å². The number of anilines is 1. The number of amides is 1. The van der Waals surface area contributed by atoms with Crippen LogP contribution in [0.4, 0.5) is 5.69 Å². The van der Waals surface area contributed by atoms with Crippen LogP contribution in [0.3, 0.4) is 0 Å². The van der Waals surface area contributed by atoms with Gasteiger partial charge in [0.15, 0.2) is 0 Å². The molecule has 1 aromatic carbocycles. The van der Waals surface area contributed by atoms with Gasteiger partial charge in [0.25, 0.3) is 5.91 Å². The molecule has 5 heteroatoms. The number of aryl methyl sites for hydroxylation is 3. The van der Waals surface area contributed by atoms with Crippen LogP contribution in [0.15, 0.2) is 22.7 Å². The minimum Gasteiger partial charge on any atom is -0.381 e. The third-order valence-corrected chi connectivity index (χ3v) is 5.17. The zero-order chi connectivity index (χ0) is 18.0. The number of carbonyl (C=O) groups is 1. The van der Waals surface area contributed by atoms with Crippen molar-refractivity contribution < 1.29 is 9.32 Å². The van der Waals surface area contributed by atoms with Crippen LogP contribution in [0.25, 0.3) is 0 Å².